The number of amides is 1. The third-order valence-corrected chi connectivity index (χ3v) is 1.03. The fourth-order valence-electron chi connectivity index (χ4n) is 0.562. The maximum atomic E-state index is 10.4. The van der Waals surface area contributed by atoms with Crippen molar-refractivity contribution < 1.29 is 13.9 Å². The highest BCUT2D eigenvalue weighted by molar-refractivity contribution is 5.89. The number of furan rings is 1. The number of rotatable bonds is 2. The summed E-state index contributed by atoms with van der Waals surface area (Å²) in [5.41, 5.74) is 4.89. The molecule has 1 aromatic heterocycles. The average Bonchev–Trinajstić information content (AvgIpc) is 2.34. The van der Waals surface area contributed by atoms with Gasteiger partial charge in [0.15, 0.2) is 5.76 Å². The zero-order chi connectivity index (χ0) is 7.56. The van der Waals surface area contributed by atoms with Crippen molar-refractivity contribution in [3.05, 3.63) is 17.9 Å². The van der Waals surface area contributed by atoms with Crippen molar-refractivity contribution in [2.75, 3.05) is 7.11 Å². The summed E-state index contributed by atoms with van der Waals surface area (Å²) in [5, 5.41) is 0. The summed E-state index contributed by atoms with van der Waals surface area (Å²) in [7, 11) is 1.45. The first-order valence-corrected chi connectivity index (χ1v) is 2.67. The lowest BCUT2D eigenvalue weighted by atomic mass is 10.4. The highest BCUT2D eigenvalue weighted by Crippen LogP contribution is 2.13. The van der Waals surface area contributed by atoms with Gasteiger partial charge in [-0.2, -0.15) is 0 Å². The zero-order valence-electron chi connectivity index (χ0n) is 5.46. The van der Waals surface area contributed by atoms with Gasteiger partial charge in [-0.25, -0.2) is 0 Å². The molecule has 0 bridgehead atoms. The van der Waals surface area contributed by atoms with E-state index in [1.165, 1.54) is 19.2 Å². The van der Waals surface area contributed by atoms with Crippen LogP contribution in [0.15, 0.2) is 16.5 Å². The van der Waals surface area contributed by atoms with Gasteiger partial charge in [0.05, 0.1) is 7.11 Å². The first kappa shape index (κ1) is 6.67. The number of hydrogen-bond donors (Lipinski definition) is 1. The largest absolute Gasteiger partial charge is 0.468 e. The van der Waals surface area contributed by atoms with E-state index in [1.54, 1.807) is 0 Å². The highest BCUT2D eigenvalue weighted by Gasteiger charge is 2.05. The van der Waals surface area contributed by atoms with Crippen LogP contribution in [0.25, 0.3) is 0 Å². The fraction of sp³-hybridized carbons (Fsp3) is 0.167. The molecule has 0 aliphatic heterocycles. The molecule has 0 saturated carbocycles. The summed E-state index contributed by atoms with van der Waals surface area (Å²) >= 11 is 0. The van der Waals surface area contributed by atoms with E-state index in [0.29, 0.717) is 0 Å². The van der Waals surface area contributed by atoms with Crippen molar-refractivity contribution in [3.8, 4) is 5.95 Å². The van der Waals surface area contributed by atoms with E-state index in [2.05, 4.69) is 4.74 Å². The van der Waals surface area contributed by atoms with Crippen LogP contribution in [0.3, 0.4) is 0 Å². The molecule has 4 nitrogen and oxygen atoms in total. The Morgan fingerprint density at radius 3 is 2.70 bits per heavy atom. The lowest BCUT2D eigenvalue weighted by molar-refractivity contribution is 0.0967. The summed E-state index contributed by atoms with van der Waals surface area (Å²) in [6, 6.07) is 2.99. The van der Waals surface area contributed by atoms with Crippen LogP contribution < -0.4 is 10.5 Å². The molecule has 0 aromatic carbocycles. The highest BCUT2D eigenvalue weighted by atomic mass is 16.6. The maximum absolute atomic E-state index is 10.4. The average molecular weight is 141 g/mol. The molecule has 1 amide bonds. The zero-order valence-corrected chi connectivity index (χ0v) is 5.46. The summed E-state index contributed by atoms with van der Waals surface area (Å²) in [5.74, 6) is -0.200. The lowest BCUT2D eigenvalue weighted by Gasteiger charge is -1.89. The van der Waals surface area contributed by atoms with Crippen LogP contribution in [-0.2, 0) is 0 Å². The predicted octanol–water partition coefficient (Wildman–Crippen LogP) is 0.387. The molecule has 4 heteroatoms. The van der Waals surface area contributed by atoms with Crippen molar-refractivity contribution in [1.29, 1.82) is 0 Å². The molecule has 0 radical (unpaired) electrons. The van der Waals surface area contributed by atoms with Gasteiger partial charge in [0, 0.05) is 6.07 Å². The van der Waals surface area contributed by atoms with Crippen molar-refractivity contribution in [3.63, 3.8) is 0 Å². The molecule has 0 atom stereocenters. The molecule has 0 aliphatic rings. The van der Waals surface area contributed by atoms with Crippen molar-refractivity contribution >= 4 is 5.91 Å². The predicted molar refractivity (Wildman–Crippen MR) is 33.8 cm³/mol. The Bertz CT molecular complexity index is 241. The molecule has 0 fully saturated rings. The van der Waals surface area contributed by atoms with Gasteiger partial charge < -0.3 is 14.9 Å². The molecule has 1 aromatic rings. The minimum Gasteiger partial charge on any atom is -0.468 e. The van der Waals surface area contributed by atoms with Gasteiger partial charge in [0.25, 0.3) is 11.9 Å². The molecular weight excluding hydrogens is 134 g/mol. The summed E-state index contributed by atoms with van der Waals surface area (Å²) < 4.78 is 9.47. The Morgan fingerprint density at radius 2 is 2.40 bits per heavy atom. The van der Waals surface area contributed by atoms with Crippen LogP contribution in [0, 0.1) is 0 Å². The number of primary amides is 1. The van der Waals surface area contributed by atoms with Crippen LogP contribution in [-0.4, -0.2) is 13.0 Å². The first-order chi connectivity index (χ1) is 4.74. The van der Waals surface area contributed by atoms with Gasteiger partial charge in [-0.05, 0) is 6.07 Å². The molecular formula is C6H7NO3. The maximum Gasteiger partial charge on any atom is 0.284 e. The SMILES string of the molecule is COc1ccc(C(N)=O)o1. The van der Waals surface area contributed by atoms with Gasteiger partial charge in [0.1, 0.15) is 0 Å². The van der Waals surface area contributed by atoms with Crippen LogP contribution in [0.1, 0.15) is 10.6 Å². The Kier molecular flexibility index (Phi) is 1.62. The fourth-order valence-corrected chi connectivity index (χ4v) is 0.562. The Morgan fingerprint density at radius 1 is 1.70 bits per heavy atom. The van der Waals surface area contributed by atoms with E-state index in [-0.39, 0.29) is 11.7 Å². The second-order valence-electron chi connectivity index (χ2n) is 1.69. The van der Waals surface area contributed by atoms with Crippen molar-refractivity contribution in [2.45, 2.75) is 0 Å². The van der Waals surface area contributed by atoms with Crippen LogP contribution in [0.2, 0.25) is 0 Å². The van der Waals surface area contributed by atoms with E-state index in [1.807, 2.05) is 0 Å². The molecule has 10 heavy (non-hydrogen) atoms. The number of hydrogen-bond acceptors (Lipinski definition) is 3. The normalized spacial score (nSPS) is 9.30. The van der Waals surface area contributed by atoms with Gasteiger partial charge in [0.2, 0.25) is 0 Å². The van der Waals surface area contributed by atoms with E-state index < -0.39 is 5.91 Å². The Labute approximate surface area is 57.6 Å². The molecule has 0 unspecified atom stereocenters. The molecule has 0 saturated heterocycles. The van der Waals surface area contributed by atoms with E-state index in [9.17, 15) is 4.79 Å². The Hall–Kier alpha value is -1.45. The molecule has 2 N–H and O–H groups in total. The molecule has 54 valence electrons. The summed E-state index contributed by atoms with van der Waals surface area (Å²) in [6.45, 7) is 0. The minimum absolute atomic E-state index is 0.108. The van der Waals surface area contributed by atoms with E-state index >= 15 is 0 Å². The van der Waals surface area contributed by atoms with Gasteiger partial charge in [-0.15, -0.1) is 0 Å². The van der Waals surface area contributed by atoms with Crippen molar-refractivity contribution in [2.24, 2.45) is 5.73 Å². The monoisotopic (exact) mass is 141 g/mol. The standard InChI is InChI=1S/C6H7NO3/c1-9-5-3-2-4(10-5)6(7)8/h2-3H,1H3,(H2,7,8). The topological polar surface area (TPSA) is 65.5 Å². The quantitative estimate of drug-likeness (QED) is 0.647. The summed E-state index contributed by atoms with van der Waals surface area (Å²) in [4.78, 5) is 10.4. The van der Waals surface area contributed by atoms with Gasteiger partial charge >= 0.3 is 0 Å². The second-order valence-corrected chi connectivity index (χ2v) is 1.69. The number of carbonyl (C=O) groups excluding carboxylic acids is 1. The van der Waals surface area contributed by atoms with Gasteiger partial charge in [-0.3, -0.25) is 4.79 Å². The van der Waals surface area contributed by atoms with Crippen LogP contribution in [0.4, 0.5) is 0 Å². The smallest absolute Gasteiger partial charge is 0.284 e. The lowest BCUT2D eigenvalue weighted by Crippen LogP contribution is -2.09. The van der Waals surface area contributed by atoms with E-state index in [4.69, 9.17) is 10.2 Å². The minimum atomic E-state index is -0.594. The van der Waals surface area contributed by atoms with E-state index in [0.717, 1.165) is 0 Å². The molecule has 1 heterocycles. The molecule has 1 rings (SSSR count). The van der Waals surface area contributed by atoms with Gasteiger partial charge in [-0.1, -0.05) is 0 Å². The summed E-state index contributed by atoms with van der Waals surface area (Å²) in [6.07, 6.45) is 0. The third-order valence-electron chi connectivity index (χ3n) is 1.03. The number of nitrogens with two attached hydrogens (primary N) is 1. The number of methoxy groups -OCH3 is 1. The number of ether oxygens (including phenoxy) is 1. The first-order valence-electron chi connectivity index (χ1n) is 2.67. The number of carbonyl (C=O) groups is 1. The second kappa shape index (κ2) is 2.43. The van der Waals surface area contributed by atoms with Crippen LogP contribution >= 0.6 is 0 Å². The third kappa shape index (κ3) is 1.10. The molecule has 0 spiro atoms. The van der Waals surface area contributed by atoms with Crippen molar-refractivity contribution in [1.82, 2.24) is 0 Å². The van der Waals surface area contributed by atoms with Crippen LogP contribution in [0.5, 0.6) is 5.95 Å². The Balaban J connectivity index is 2.88. The molecule has 0 aliphatic carbocycles.